The average molecular weight is 695 g/mol. The number of pyridine rings is 1. The van der Waals surface area contributed by atoms with Crippen molar-refractivity contribution in [1.29, 1.82) is 0 Å². The summed E-state index contributed by atoms with van der Waals surface area (Å²) in [7, 11) is 0. The number of aromatic nitrogens is 1. The summed E-state index contributed by atoms with van der Waals surface area (Å²) >= 11 is 16.9. The molecule has 0 bridgehead atoms. The molecule has 1 fully saturated rings. The number of benzene rings is 1. The van der Waals surface area contributed by atoms with E-state index in [1.807, 2.05) is 24.3 Å². The first-order valence-electron chi connectivity index (χ1n) is 14.6. The first kappa shape index (κ1) is 37.1. The second-order valence-corrected chi connectivity index (χ2v) is 14.2. The van der Waals surface area contributed by atoms with E-state index in [-0.39, 0.29) is 13.0 Å². The molecule has 46 heavy (non-hydrogen) atoms. The zero-order valence-corrected chi connectivity index (χ0v) is 28.2. The monoisotopic (exact) mass is 693 g/mol. The maximum Gasteiger partial charge on any atom is 0.325 e. The van der Waals surface area contributed by atoms with Gasteiger partial charge >= 0.3 is 5.97 Å². The van der Waals surface area contributed by atoms with Gasteiger partial charge in [-0.2, -0.15) is 0 Å². The van der Waals surface area contributed by atoms with E-state index < -0.39 is 63.7 Å². The number of alkyl halides is 3. The van der Waals surface area contributed by atoms with Gasteiger partial charge in [0, 0.05) is 24.5 Å². The predicted octanol–water partition coefficient (Wildman–Crippen LogP) is 3.75. The van der Waals surface area contributed by atoms with Crippen LogP contribution in [0, 0.1) is 17.8 Å². The Morgan fingerprint density at radius 1 is 1.20 bits per heavy atom. The average Bonchev–Trinajstić information content (AvgIpc) is 3.01. The van der Waals surface area contributed by atoms with Gasteiger partial charge in [0.15, 0.2) is 0 Å². The van der Waals surface area contributed by atoms with Crippen molar-refractivity contribution in [2.75, 3.05) is 13.2 Å². The molecule has 11 nitrogen and oxygen atoms in total. The van der Waals surface area contributed by atoms with E-state index in [4.69, 9.17) is 46.0 Å². The molecule has 1 aromatic carbocycles. The number of aliphatic hydroxyl groups excluding tert-OH is 1. The minimum atomic E-state index is -1.77. The van der Waals surface area contributed by atoms with Crippen molar-refractivity contribution in [3.05, 3.63) is 47.8 Å². The number of nitrogens with one attached hydrogen (secondary N) is 3. The summed E-state index contributed by atoms with van der Waals surface area (Å²) in [6, 6.07) is 4.48. The minimum absolute atomic E-state index is 0.116. The Hall–Kier alpha value is -3.40. The number of esters is 1. The van der Waals surface area contributed by atoms with Crippen LogP contribution in [-0.2, 0) is 23.9 Å². The molecule has 1 saturated heterocycles. The van der Waals surface area contributed by atoms with Gasteiger partial charge in [-0.15, -0.1) is 12.3 Å². The van der Waals surface area contributed by atoms with E-state index in [0.717, 1.165) is 16.3 Å². The molecule has 0 aliphatic carbocycles. The first-order chi connectivity index (χ1) is 21.5. The molecule has 4 N–H and O–H groups in total. The number of ether oxygens (including phenoxy) is 1. The Labute approximate surface area is 283 Å². The van der Waals surface area contributed by atoms with Gasteiger partial charge in [0.2, 0.25) is 15.6 Å². The molecule has 3 rings (SSSR count). The van der Waals surface area contributed by atoms with E-state index in [1.54, 1.807) is 39.1 Å². The second kappa shape index (κ2) is 15.9. The van der Waals surface area contributed by atoms with Gasteiger partial charge in [0.05, 0.1) is 17.2 Å². The fraction of sp³-hybridized carbons (Fsp3) is 0.469. The number of fused-ring (bicyclic) bond motifs is 1. The number of halogens is 3. The number of aliphatic hydroxyl groups is 1. The topological polar surface area (TPSA) is 150 Å². The normalized spacial score (nSPS) is 17.5. The Morgan fingerprint density at radius 2 is 1.91 bits per heavy atom. The van der Waals surface area contributed by atoms with Gasteiger partial charge in [0.25, 0.3) is 5.91 Å². The summed E-state index contributed by atoms with van der Waals surface area (Å²) in [5.74, 6) is 0.0828. The van der Waals surface area contributed by atoms with Crippen molar-refractivity contribution in [1.82, 2.24) is 26.1 Å². The van der Waals surface area contributed by atoms with Crippen molar-refractivity contribution in [2.24, 2.45) is 5.41 Å². The van der Waals surface area contributed by atoms with Crippen LogP contribution >= 0.6 is 34.8 Å². The zero-order chi connectivity index (χ0) is 34.2. The summed E-state index contributed by atoms with van der Waals surface area (Å²) in [5.41, 5.74) is 3.11. The van der Waals surface area contributed by atoms with Gasteiger partial charge in [0.1, 0.15) is 24.7 Å². The van der Waals surface area contributed by atoms with Crippen LogP contribution in [0.3, 0.4) is 0 Å². The lowest BCUT2D eigenvalue weighted by molar-refractivity contribution is -0.152. The highest BCUT2D eigenvalue weighted by atomic mass is 35.6. The number of carbonyl (C=O) groups excluding carboxylic acids is 4. The fourth-order valence-electron chi connectivity index (χ4n) is 4.55. The number of amides is 3. The fourth-order valence-corrected chi connectivity index (χ4v) is 4.71. The minimum Gasteiger partial charge on any atom is -0.460 e. The molecule has 1 aliphatic heterocycles. The van der Waals surface area contributed by atoms with Crippen LogP contribution in [0.4, 0.5) is 0 Å². The highest BCUT2D eigenvalue weighted by Gasteiger charge is 2.34. The van der Waals surface area contributed by atoms with Crippen molar-refractivity contribution in [2.45, 2.75) is 75.0 Å². The summed E-state index contributed by atoms with van der Waals surface area (Å²) in [4.78, 5) is 56.3. The number of hydrazine groups is 1. The number of hydrogen-bond donors (Lipinski definition) is 4. The van der Waals surface area contributed by atoms with Crippen molar-refractivity contribution in [3.8, 4) is 12.3 Å². The van der Waals surface area contributed by atoms with E-state index in [9.17, 15) is 24.3 Å². The maximum absolute atomic E-state index is 13.3. The summed E-state index contributed by atoms with van der Waals surface area (Å²) in [6.45, 7) is 6.37. The molecule has 3 amide bonds. The molecule has 4 unspecified atom stereocenters. The highest BCUT2D eigenvalue weighted by molar-refractivity contribution is 6.67. The molecule has 0 radical (unpaired) electrons. The van der Waals surface area contributed by atoms with Gasteiger partial charge in [-0.3, -0.25) is 29.2 Å². The highest BCUT2D eigenvalue weighted by Crippen LogP contribution is 2.26. The van der Waals surface area contributed by atoms with E-state index >= 15 is 0 Å². The van der Waals surface area contributed by atoms with Gasteiger partial charge in [-0.1, -0.05) is 53.0 Å². The lowest BCUT2D eigenvalue weighted by Crippen LogP contribution is -2.60. The van der Waals surface area contributed by atoms with Crippen LogP contribution in [0.1, 0.15) is 64.3 Å². The largest absolute Gasteiger partial charge is 0.460 e. The lowest BCUT2D eigenvalue weighted by atomic mass is 9.90. The van der Waals surface area contributed by atoms with Gasteiger partial charge in [-0.05, 0) is 69.7 Å². The molecular weight excluding hydrogens is 657 g/mol. The van der Waals surface area contributed by atoms with Crippen LogP contribution in [0.2, 0.25) is 0 Å². The molecule has 2 heterocycles. The second-order valence-electron chi connectivity index (χ2n) is 11.6. The van der Waals surface area contributed by atoms with Crippen molar-refractivity contribution < 1.29 is 29.0 Å². The maximum atomic E-state index is 13.3. The SMILES string of the molecule is C#CCC(NC(=O)C(C)(C)C=Cc1cc2cc(C(C)O)ccc2cn1)C(=O)NC(C)C(=O)N1CCCC(C(=O)OCC(Cl)(Cl)Cl)N1. The predicted molar refractivity (Wildman–Crippen MR) is 177 cm³/mol. The number of nitrogens with zero attached hydrogens (tertiary/aromatic N) is 2. The number of rotatable bonds is 11. The molecule has 2 aromatic rings. The van der Waals surface area contributed by atoms with E-state index in [0.29, 0.717) is 18.5 Å². The molecule has 0 spiro atoms. The van der Waals surface area contributed by atoms with Crippen LogP contribution in [-0.4, -0.2) is 73.9 Å². The Kier molecular flexibility index (Phi) is 12.8. The quantitative estimate of drug-likeness (QED) is 0.158. The number of terminal acetylenes is 1. The van der Waals surface area contributed by atoms with Crippen LogP contribution in [0.5, 0.6) is 0 Å². The van der Waals surface area contributed by atoms with Crippen LogP contribution in [0.25, 0.3) is 16.8 Å². The first-order valence-corrected chi connectivity index (χ1v) is 15.8. The van der Waals surface area contributed by atoms with Gasteiger partial charge in [-0.25, -0.2) is 5.43 Å². The molecule has 0 saturated carbocycles. The third kappa shape index (κ3) is 10.6. The number of carbonyl (C=O) groups is 4. The Balaban J connectivity index is 1.61. The molecule has 1 aromatic heterocycles. The molecule has 1 aliphatic rings. The Bertz CT molecular complexity index is 1520. The van der Waals surface area contributed by atoms with Crippen LogP contribution in [0.15, 0.2) is 36.5 Å². The summed E-state index contributed by atoms with van der Waals surface area (Å²) in [5, 5.41) is 18.2. The lowest BCUT2D eigenvalue weighted by Gasteiger charge is -2.34. The zero-order valence-electron chi connectivity index (χ0n) is 26.0. The molecule has 248 valence electrons. The van der Waals surface area contributed by atoms with Crippen LogP contribution < -0.4 is 16.1 Å². The molecular formula is C32H38Cl3N5O6. The third-order valence-corrected chi connectivity index (χ3v) is 7.62. The third-order valence-electron chi connectivity index (χ3n) is 7.29. The van der Waals surface area contributed by atoms with E-state index in [2.05, 4.69) is 27.0 Å². The van der Waals surface area contributed by atoms with Crippen molar-refractivity contribution >= 4 is 75.3 Å². The summed E-state index contributed by atoms with van der Waals surface area (Å²) < 4.78 is 3.24. The molecule has 14 heteroatoms. The van der Waals surface area contributed by atoms with Gasteiger partial charge < -0.3 is 20.5 Å². The molecule has 4 atom stereocenters. The smallest absolute Gasteiger partial charge is 0.325 e. The van der Waals surface area contributed by atoms with Crippen molar-refractivity contribution in [3.63, 3.8) is 0 Å². The van der Waals surface area contributed by atoms with E-state index in [1.165, 1.54) is 11.9 Å². The standard InChI is InChI=1S/C32H38Cl3N5O6/c1-6-8-25(27(42)37-19(2)28(43)40-14-7-9-26(39-40)29(44)46-18-32(33,34)35)38-30(45)31(4,5)13-12-24-16-23-15-21(20(3)41)10-11-22(23)17-36-24/h1,10-13,15-17,19-20,25-26,39,41H,7-9,14,18H2,2-5H3,(H,37,42)(H,38,45). The summed E-state index contributed by atoms with van der Waals surface area (Å²) in [6.07, 6.45) is 10.7. The number of hydrogen-bond acceptors (Lipinski definition) is 8. The Morgan fingerprint density at radius 3 is 2.57 bits per heavy atom.